The molecule has 1 amide bonds. The highest BCUT2D eigenvalue weighted by Crippen LogP contribution is 2.18. The van der Waals surface area contributed by atoms with Crippen molar-refractivity contribution in [3.63, 3.8) is 0 Å². The second-order valence-corrected chi connectivity index (χ2v) is 5.03. The van der Waals surface area contributed by atoms with Gasteiger partial charge in [0.05, 0.1) is 6.61 Å². The van der Waals surface area contributed by atoms with Crippen LogP contribution >= 0.6 is 0 Å². The Labute approximate surface area is 131 Å². The van der Waals surface area contributed by atoms with Crippen LogP contribution in [0.3, 0.4) is 0 Å². The zero-order valence-electron chi connectivity index (χ0n) is 13.1. The number of amides is 1. The molecule has 1 N–H and O–H groups in total. The number of aryl methyl sites for hydroxylation is 1. The summed E-state index contributed by atoms with van der Waals surface area (Å²) in [5.74, 6) is 1.22. The summed E-state index contributed by atoms with van der Waals surface area (Å²) in [6.45, 7) is 6.22. The topological polar surface area (TPSA) is 47.6 Å². The number of benzene rings is 2. The lowest BCUT2D eigenvalue weighted by Crippen LogP contribution is -2.30. The van der Waals surface area contributed by atoms with Gasteiger partial charge in [-0.15, -0.1) is 0 Å². The predicted octanol–water partition coefficient (Wildman–Crippen LogP) is 3.80. The van der Waals surface area contributed by atoms with Crippen molar-refractivity contribution in [2.75, 3.05) is 11.9 Å². The highest BCUT2D eigenvalue weighted by atomic mass is 16.5. The molecular formula is C18H21NO3. The van der Waals surface area contributed by atoms with Crippen LogP contribution in [0.2, 0.25) is 0 Å². The first-order chi connectivity index (χ1) is 10.6. The van der Waals surface area contributed by atoms with Crippen LogP contribution in [0.4, 0.5) is 5.69 Å². The molecule has 0 aromatic heterocycles. The Morgan fingerprint density at radius 2 is 1.86 bits per heavy atom. The van der Waals surface area contributed by atoms with Gasteiger partial charge in [-0.2, -0.15) is 0 Å². The van der Waals surface area contributed by atoms with Crippen LogP contribution in [0.5, 0.6) is 11.5 Å². The number of carbonyl (C=O) groups is 1. The number of carbonyl (C=O) groups excluding carboxylic acids is 1. The lowest BCUT2D eigenvalue weighted by Gasteiger charge is -2.15. The summed E-state index contributed by atoms with van der Waals surface area (Å²) in [5, 5.41) is 2.83. The van der Waals surface area contributed by atoms with Crippen molar-refractivity contribution < 1.29 is 14.3 Å². The van der Waals surface area contributed by atoms with Crippen LogP contribution in [0.15, 0.2) is 48.5 Å². The number of ether oxygens (including phenoxy) is 2. The second kappa shape index (κ2) is 7.50. The van der Waals surface area contributed by atoms with E-state index in [0.717, 1.165) is 11.3 Å². The minimum absolute atomic E-state index is 0.199. The first kappa shape index (κ1) is 15.9. The van der Waals surface area contributed by atoms with E-state index in [4.69, 9.17) is 9.47 Å². The Morgan fingerprint density at radius 1 is 1.14 bits per heavy atom. The number of hydrogen-bond donors (Lipinski definition) is 1. The molecule has 2 aromatic rings. The lowest BCUT2D eigenvalue weighted by molar-refractivity contribution is -0.122. The van der Waals surface area contributed by atoms with Gasteiger partial charge in [0.25, 0.3) is 5.91 Å². The molecule has 0 unspecified atom stereocenters. The molecule has 0 aliphatic rings. The Balaban J connectivity index is 1.97. The van der Waals surface area contributed by atoms with Crippen LogP contribution < -0.4 is 14.8 Å². The fourth-order valence-electron chi connectivity index (χ4n) is 2.02. The quantitative estimate of drug-likeness (QED) is 0.882. The third-order valence-corrected chi connectivity index (χ3v) is 3.08. The molecule has 0 bridgehead atoms. The summed E-state index contributed by atoms with van der Waals surface area (Å²) in [5.41, 5.74) is 1.78. The molecule has 0 heterocycles. The molecule has 116 valence electrons. The Morgan fingerprint density at radius 3 is 2.59 bits per heavy atom. The van der Waals surface area contributed by atoms with E-state index in [1.54, 1.807) is 13.0 Å². The molecule has 2 rings (SSSR count). The van der Waals surface area contributed by atoms with Crippen molar-refractivity contribution in [3.05, 3.63) is 54.1 Å². The smallest absolute Gasteiger partial charge is 0.265 e. The normalized spacial score (nSPS) is 11.6. The predicted molar refractivity (Wildman–Crippen MR) is 87.5 cm³/mol. The minimum atomic E-state index is -0.586. The average molecular weight is 299 g/mol. The minimum Gasteiger partial charge on any atom is -0.494 e. The van der Waals surface area contributed by atoms with Gasteiger partial charge in [0, 0.05) is 11.8 Å². The average Bonchev–Trinajstić information content (AvgIpc) is 2.48. The SMILES string of the molecule is CCOc1cccc(NC(=O)[C@@H](C)Oc2cccc(C)c2)c1. The van der Waals surface area contributed by atoms with Gasteiger partial charge in [0.15, 0.2) is 6.10 Å². The molecule has 0 aliphatic heterocycles. The van der Waals surface area contributed by atoms with Crippen LogP contribution in [0.25, 0.3) is 0 Å². The van der Waals surface area contributed by atoms with Crippen molar-refractivity contribution in [3.8, 4) is 11.5 Å². The van der Waals surface area contributed by atoms with Gasteiger partial charge in [-0.05, 0) is 50.6 Å². The monoisotopic (exact) mass is 299 g/mol. The molecule has 0 fully saturated rings. The van der Waals surface area contributed by atoms with E-state index in [9.17, 15) is 4.79 Å². The van der Waals surface area contributed by atoms with Crippen LogP contribution in [0, 0.1) is 6.92 Å². The Bertz CT molecular complexity index is 640. The summed E-state index contributed by atoms with van der Waals surface area (Å²) in [6.07, 6.45) is -0.586. The molecule has 4 heteroatoms. The third-order valence-electron chi connectivity index (χ3n) is 3.08. The zero-order chi connectivity index (χ0) is 15.9. The van der Waals surface area contributed by atoms with E-state index >= 15 is 0 Å². The third kappa shape index (κ3) is 4.52. The van der Waals surface area contributed by atoms with E-state index in [0.29, 0.717) is 18.0 Å². The summed E-state index contributed by atoms with van der Waals surface area (Å²) in [7, 11) is 0. The maximum absolute atomic E-state index is 12.2. The summed E-state index contributed by atoms with van der Waals surface area (Å²) in [4.78, 5) is 12.2. The van der Waals surface area contributed by atoms with Crippen molar-refractivity contribution in [2.24, 2.45) is 0 Å². The van der Waals surface area contributed by atoms with E-state index in [1.807, 2.05) is 56.3 Å². The van der Waals surface area contributed by atoms with Gasteiger partial charge < -0.3 is 14.8 Å². The molecule has 4 nitrogen and oxygen atoms in total. The van der Waals surface area contributed by atoms with Gasteiger partial charge >= 0.3 is 0 Å². The van der Waals surface area contributed by atoms with E-state index < -0.39 is 6.10 Å². The summed E-state index contributed by atoms with van der Waals surface area (Å²) >= 11 is 0. The maximum Gasteiger partial charge on any atom is 0.265 e. The first-order valence-electron chi connectivity index (χ1n) is 7.35. The van der Waals surface area contributed by atoms with Crippen molar-refractivity contribution in [1.29, 1.82) is 0 Å². The number of nitrogens with one attached hydrogen (secondary N) is 1. The molecule has 22 heavy (non-hydrogen) atoms. The van der Waals surface area contributed by atoms with E-state index in [1.165, 1.54) is 0 Å². The van der Waals surface area contributed by atoms with Gasteiger partial charge in [-0.1, -0.05) is 18.2 Å². The Hall–Kier alpha value is -2.49. The van der Waals surface area contributed by atoms with Gasteiger partial charge in [0.2, 0.25) is 0 Å². The first-order valence-corrected chi connectivity index (χ1v) is 7.35. The highest BCUT2D eigenvalue weighted by molar-refractivity contribution is 5.94. The molecule has 2 aromatic carbocycles. The van der Waals surface area contributed by atoms with Gasteiger partial charge in [-0.25, -0.2) is 0 Å². The standard InChI is InChI=1S/C18H21NO3/c1-4-21-16-9-6-8-15(12-16)19-18(20)14(3)22-17-10-5-7-13(2)11-17/h5-12,14H,4H2,1-3H3,(H,19,20)/t14-/m1/s1. The lowest BCUT2D eigenvalue weighted by atomic mass is 10.2. The zero-order valence-corrected chi connectivity index (χ0v) is 13.1. The molecule has 0 spiro atoms. The molecular weight excluding hydrogens is 278 g/mol. The van der Waals surface area contributed by atoms with Crippen LogP contribution in [0.1, 0.15) is 19.4 Å². The number of anilines is 1. The largest absolute Gasteiger partial charge is 0.494 e. The molecule has 0 radical (unpaired) electrons. The molecule has 0 aliphatic carbocycles. The van der Waals surface area contributed by atoms with Crippen molar-refractivity contribution in [1.82, 2.24) is 0 Å². The van der Waals surface area contributed by atoms with Crippen LogP contribution in [-0.4, -0.2) is 18.6 Å². The van der Waals surface area contributed by atoms with Gasteiger partial charge in [-0.3, -0.25) is 4.79 Å². The molecule has 0 saturated heterocycles. The van der Waals surface area contributed by atoms with E-state index in [-0.39, 0.29) is 5.91 Å². The highest BCUT2D eigenvalue weighted by Gasteiger charge is 2.15. The summed E-state index contributed by atoms with van der Waals surface area (Å²) in [6, 6.07) is 14.9. The Kier molecular flexibility index (Phi) is 5.42. The van der Waals surface area contributed by atoms with Crippen molar-refractivity contribution >= 4 is 11.6 Å². The van der Waals surface area contributed by atoms with Crippen molar-refractivity contribution in [2.45, 2.75) is 26.9 Å². The fourth-order valence-corrected chi connectivity index (χ4v) is 2.02. The van der Waals surface area contributed by atoms with E-state index in [2.05, 4.69) is 5.32 Å². The number of rotatable bonds is 6. The van der Waals surface area contributed by atoms with Crippen LogP contribution in [-0.2, 0) is 4.79 Å². The fraction of sp³-hybridized carbons (Fsp3) is 0.278. The van der Waals surface area contributed by atoms with Gasteiger partial charge in [0.1, 0.15) is 11.5 Å². The molecule has 1 atom stereocenters. The summed E-state index contributed by atoms with van der Waals surface area (Å²) < 4.78 is 11.1. The molecule has 0 saturated carbocycles. The maximum atomic E-state index is 12.2. The number of hydrogen-bond acceptors (Lipinski definition) is 3. The second-order valence-electron chi connectivity index (χ2n) is 5.03.